The summed E-state index contributed by atoms with van der Waals surface area (Å²) in [6.07, 6.45) is 8.14. The molecule has 2 aromatic carbocycles. The molecule has 0 radical (unpaired) electrons. The summed E-state index contributed by atoms with van der Waals surface area (Å²) in [5.41, 5.74) is -4.87. The Morgan fingerprint density at radius 2 is 1.38 bits per heavy atom. The number of thioether (sulfide) groups is 4. The number of aromatic nitrogens is 3. The number of phenolic OH excluding ortho intramolecular Hbond substituents is 1. The maximum absolute atomic E-state index is 12.6. The van der Waals surface area contributed by atoms with E-state index in [0.29, 0.717) is 34.5 Å². The van der Waals surface area contributed by atoms with Gasteiger partial charge in [-0.2, -0.15) is 26.3 Å². The molecule has 2 fully saturated rings. The lowest BCUT2D eigenvalue weighted by atomic mass is 10.1. The summed E-state index contributed by atoms with van der Waals surface area (Å²) in [4.78, 5) is 27.5. The molecule has 0 spiro atoms. The van der Waals surface area contributed by atoms with Crippen LogP contribution >= 0.6 is 47.0 Å². The Morgan fingerprint density at radius 3 is 1.98 bits per heavy atom. The molecule has 3 aromatic heterocycles. The molecule has 7 nitrogen and oxygen atoms in total. The molecule has 0 bridgehead atoms. The number of alkyl halides is 6. The summed E-state index contributed by atoms with van der Waals surface area (Å²) in [6, 6.07) is 11.7. The number of amides is 1. The van der Waals surface area contributed by atoms with Crippen LogP contribution in [0.2, 0.25) is 0 Å². The number of nitrogens with zero attached hydrogens (tertiary/aromatic N) is 3. The van der Waals surface area contributed by atoms with E-state index >= 15 is 0 Å². The van der Waals surface area contributed by atoms with E-state index < -0.39 is 16.9 Å². The van der Waals surface area contributed by atoms with Crippen LogP contribution in [-0.4, -0.2) is 48.5 Å². The quantitative estimate of drug-likeness (QED) is 0.0762. The first-order valence-corrected chi connectivity index (χ1v) is 20.1. The highest BCUT2D eigenvalue weighted by molar-refractivity contribution is 8.00. The molecule has 0 unspecified atom stereocenters. The Bertz CT molecular complexity index is 2100. The van der Waals surface area contributed by atoms with Crippen LogP contribution in [0.1, 0.15) is 73.0 Å². The summed E-state index contributed by atoms with van der Waals surface area (Å²) in [6.45, 7) is 4.02. The van der Waals surface area contributed by atoms with Gasteiger partial charge in [0, 0.05) is 32.0 Å². The van der Waals surface area contributed by atoms with Crippen molar-refractivity contribution in [1.29, 1.82) is 0 Å². The highest BCUT2D eigenvalue weighted by Crippen LogP contribution is 2.44. The number of carbonyl (C=O) groups is 1. The van der Waals surface area contributed by atoms with E-state index in [4.69, 9.17) is 4.42 Å². The normalized spacial score (nSPS) is 14.6. The summed E-state index contributed by atoms with van der Waals surface area (Å²) < 4.78 is 81.1. The number of rotatable bonds is 11. The van der Waals surface area contributed by atoms with E-state index in [9.17, 15) is 36.2 Å². The van der Waals surface area contributed by atoms with E-state index in [1.165, 1.54) is 48.4 Å². The predicted molar refractivity (Wildman–Crippen MR) is 198 cm³/mol. The van der Waals surface area contributed by atoms with Crippen molar-refractivity contribution in [3.8, 4) is 17.3 Å². The Morgan fingerprint density at radius 1 is 0.811 bits per heavy atom. The first-order chi connectivity index (χ1) is 25.2. The fourth-order valence-corrected chi connectivity index (χ4v) is 8.03. The van der Waals surface area contributed by atoms with Gasteiger partial charge in [0.1, 0.15) is 22.7 Å². The van der Waals surface area contributed by atoms with Crippen LogP contribution < -0.4 is 5.32 Å². The van der Waals surface area contributed by atoms with Crippen LogP contribution in [0, 0.1) is 0 Å². The fraction of sp³-hybridized carbons (Fsp3) is 0.333. The molecule has 280 valence electrons. The molecule has 3 heterocycles. The number of aromatic hydroxyl groups is 1. The standard InChI is InChI=1S/C18H17F3N2O2S2.C18H15F3N2OS2/c1-2-26-15-7-11(10-3-4-10)9-22-16(15)17(25)23-13-8-12(5-6-14(13)24)27-18(19,20)21;1-2-25-15-7-11(10-3-4-10)9-22-16(15)17-23-13-8-12(26-18(19,20)21)5-6-14(13)24-17/h5-10,24H,2-4H2,1H3,(H,23,25);5-10H,2-4H2,1H3. The van der Waals surface area contributed by atoms with Crippen LogP contribution in [0.4, 0.5) is 32.0 Å². The van der Waals surface area contributed by atoms with Crippen LogP contribution in [-0.2, 0) is 0 Å². The van der Waals surface area contributed by atoms with E-state index in [1.54, 1.807) is 18.0 Å². The highest BCUT2D eigenvalue weighted by atomic mass is 32.2. The van der Waals surface area contributed by atoms with Crippen LogP contribution in [0.5, 0.6) is 5.75 Å². The van der Waals surface area contributed by atoms with E-state index in [2.05, 4.69) is 33.3 Å². The molecule has 2 N–H and O–H groups in total. The van der Waals surface area contributed by atoms with Gasteiger partial charge in [0.05, 0.1) is 5.69 Å². The number of phenols is 1. The average molecular weight is 811 g/mol. The fourth-order valence-electron chi connectivity index (χ4n) is 5.26. The van der Waals surface area contributed by atoms with Crippen molar-refractivity contribution in [3.63, 3.8) is 0 Å². The Kier molecular flexibility index (Phi) is 12.2. The van der Waals surface area contributed by atoms with E-state index in [-0.39, 0.29) is 50.4 Å². The van der Waals surface area contributed by atoms with Crippen LogP contribution in [0.25, 0.3) is 22.7 Å². The van der Waals surface area contributed by atoms with Gasteiger partial charge in [0.15, 0.2) is 5.58 Å². The van der Waals surface area contributed by atoms with Crippen molar-refractivity contribution < 1.29 is 40.7 Å². The second kappa shape index (κ2) is 16.4. The molecule has 2 aliphatic rings. The molecule has 1 amide bonds. The second-order valence-electron chi connectivity index (χ2n) is 12.0. The largest absolute Gasteiger partial charge is 0.506 e. The van der Waals surface area contributed by atoms with Gasteiger partial charge in [0.25, 0.3) is 5.91 Å². The summed E-state index contributed by atoms with van der Waals surface area (Å²) in [5.74, 6) is 2.18. The van der Waals surface area contributed by atoms with Crippen molar-refractivity contribution in [1.82, 2.24) is 15.0 Å². The number of hydrogen-bond acceptors (Lipinski definition) is 10. The molecule has 17 heteroatoms. The number of fused-ring (bicyclic) bond motifs is 1. The van der Waals surface area contributed by atoms with Gasteiger partial charge in [-0.15, -0.1) is 23.5 Å². The third-order valence-electron chi connectivity index (χ3n) is 7.90. The summed E-state index contributed by atoms with van der Waals surface area (Å²) in [7, 11) is 0. The van der Waals surface area contributed by atoms with Gasteiger partial charge in [-0.05, 0) is 132 Å². The monoisotopic (exact) mass is 810 g/mol. The number of pyridine rings is 2. The molecule has 2 saturated carbocycles. The second-order valence-corrected chi connectivity index (χ2v) is 16.9. The van der Waals surface area contributed by atoms with Gasteiger partial charge < -0.3 is 14.8 Å². The highest BCUT2D eigenvalue weighted by Gasteiger charge is 2.31. The predicted octanol–water partition coefficient (Wildman–Crippen LogP) is 12.1. The Labute approximate surface area is 317 Å². The number of halogens is 6. The SMILES string of the molecule is CCSc1cc(C2CC2)cnc1-c1nc2cc(SC(F)(F)F)ccc2o1.CCSc1cc(C2CC2)cnc1C(=O)Nc1cc(SC(F)(F)F)ccc1O. The summed E-state index contributed by atoms with van der Waals surface area (Å²) >= 11 is 2.67. The number of oxazole rings is 1. The zero-order valence-electron chi connectivity index (χ0n) is 28.2. The van der Waals surface area contributed by atoms with Crippen molar-refractivity contribution in [2.75, 3.05) is 16.8 Å². The van der Waals surface area contributed by atoms with Crippen molar-refractivity contribution in [3.05, 3.63) is 77.7 Å². The minimum Gasteiger partial charge on any atom is -0.506 e. The lowest BCUT2D eigenvalue weighted by Gasteiger charge is -2.12. The number of carbonyl (C=O) groups excluding carboxylic acids is 1. The van der Waals surface area contributed by atoms with Crippen molar-refractivity contribution in [2.45, 2.75) is 82.0 Å². The van der Waals surface area contributed by atoms with E-state index in [1.807, 2.05) is 19.2 Å². The van der Waals surface area contributed by atoms with Gasteiger partial charge in [-0.3, -0.25) is 4.79 Å². The molecule has 2 aliphatic carbocycles. The molecular formula is C36H32F6N4O3S4. The average Bonchev–Trinajstić information content (AvgIpc) is 4.03. The lowest BCUT2D eigenvalue weighted by Crippen LogP contribution is -2.15. The Hall–Kier alpha value is -3.54. The van der Waals surface area contributed by atoms with Gasteiger partial charge in [-0.1, -0.05) is 13.8 Å². The van der Waals surface area contributed by atoms with Crippen molar-refractivity contribution in [2.24, 2.45) is 0 Å². The van der Waals surface area contributed by atoms with Crippen molar-refractivity contribution >= 4 is 69.7 Å². The van der Waals surface area contributed by atoms with Gasteiger partial charge in [0.2, 0.25) is 5.89 Å². The van der Waals surface area contributed by atoms with Crippen LogP contribution in [0.3, 0.4) is 0 Å². The molecule has 7 rings (SSSR count). The molecule has 0 atom stereocenters. The minimum absolute atomic E-state index is 0.0880. The van der Waals surface area contributed by atoms with Gasteiger partial charge >= 0.3 is 11.0 Å². The molecule has 53 heavy (non-hydrogen) atoms. The zero-order chi connectivity index (χ0) is 37.9. The molecule has 0 saturated heterocycles. The third kappa shape index (κ3) is 10.8. The van der Waals surface area contributed by atoms with Gasteiger partial charge in [-0.25, -0.2) is 15.0 Å². The molecule has 0 aliphatic heterocycles. The first kappa shape index (κ1) is 39.2. The summed E-state index contributed by atoms with van der Waals surface area (Å²) in [5, 5.41) is 12.4. The zero-order valence-corrected chi connectivity index (χ0v) is 31.4. The van der Waals surface area contributed by atoms with E-state index in [0.717, 1.165) is 57.9 Å². The minimum atomic E-state index is -4.45. The number of hydrogen-bond donors (Lipinski definition) is 2. The smallest absolute Gasteiger partial charge is 0.446 e. The molecule has 5 aromatic rings. The first-order valence-electron chi connectivity index (χ1n) is 16.5. The molecular weight excluding hydrogens is 779 g/mol. The maximum atomic E-state index is 12.6. The number of nitrogens with one attached hydrogen (secondary N) is 1. The Balaban J connectivity index is 0.000000181. The lowest BCUT2D eigenvalue weighted by molar-refractivity contribution is -0.0337. The van der Waals surface area contributed by atoms with Crippen LogP contribution in [0.15, 0.2) is 84.9 Å². The topological polar surface area (TPSA) is 101 Å². The maximum Gasteiger partial charge on any atom is 0.446 e. The third-order valence-corrected chi connectivity index (χ3v) is 11.2. The number of benzene rings is 2. The number of anilines is 1.